The van der Waals surface area contributed by atoms with Crippen LogP contribution in [0, 0.1) is 5.92 Å². The van der Waals surface area contributed by atoms with Gasteiger partial charge in [0.25, 0.3) is 0 Å². The van der Waals surface area contributed by atoms with Crippen molar-refractivity contribution in [2.24, 2.45) is 5.92 Å². The summed E-state index contributed by atoms with van der Waals surface area (Å²) in [6.07, 6.45) is 11.5. The third-order valence-electron chi connectivity index (χ3n) is 4.65. The molecule has 4 nitrogen and oxygen atoms in total. The minimum Gasteiger partial charge on any atom is -0.455 e. The van der Waals surface area contributed by atoms with E-state index in [9.17, 15) is 4.79 Å². The van der Waals surface area contributed by atoms with E-state index >= 15 is 0 Å². The Bertz CT molecular complexity index is 374. The zero-order valence-electron chi connectivity index (χ0n) is 15.4. The molecule has 1 aliphatic heterocycles. The van der Waals surface area contributed by atoms with E-state index in [-0.39, 0.29) is 24.5 Å². The second-order valence-electron chi connectivity index (χ2n) is 6.67. The first-order chi connectivity index (χ1) is 11.6. The molecule has 0 bridgehead atoms. The number of carbonyl (C=O) groups is 1. The molecule has 138 valence electrons. The monoisotopic (exact) mass is 338 g/mol. The molecule has 0 spiro atoms. The maximum absolute atomic E-state index is 11.2. The molecule has 1 saturated heterocycles. The van der Waals surface area contributed by atoms with Crippen LogP contribution in [0.1, 0.15) is 65.2 Å². The Hall–Kier alpha value is -1.13. The standard InChI is InChI=1S/C20H34O4/c1-5-18(24-19(21)6-2)13-9-7-8-12-16(3)17(4)23-20-14-10-11-15-22-20/h5-6,16-18,20H,1-2,7-15H2,3-4H3/t16-,17+,18-,20?/m1/s1. The molecule has 0 aliphatic carbocycles. The Kier molecular flexibility index (Phi) is 10.7. The smallest absolute Gasteiger partial charge is 0.330 e. The Balaban J connectivity index is 2.11. The summed E-state index contributed by atoms with van der Waals surface area (Å²) in [5.41, 5.74) is 0. The summed E-state index contributed by atoms with van der Waals surface area (Å²) in [7, 11) is 0. The highest BCUT2D eigenvalue weighted by Gasteiger charge is 2.20. The predicted molar refractivity (Wildman–Crippen MR) is 96.7 cm³/mol. The van der Waals surface area contributed by atoms with Crippen LogP contribution in [0.3, 0.4) is 0 Å². The highest BCUT2D eigenvalue weighted by atomic mass is 16.7. The fourth-order valence-corrected chi connectivity index (χ4v) is 2.84. The van der Waals surface area contributed by atoms with Gasteiger partial charge >= 0.3 is 5.97 Å². The van der Waals surface area contributed by atoms with Crippen LogP contribution < -0.4 is 0 Å². The van der Waals surface area contributed by atoms with Crippen molar-refractivity contribution >= 4 is 5.97 Å². The van der Waals surface area contributed by atoms with Crippen LogP contribution in [-0.4, -0.2) is 31.1 Å². The van der Waals surface area contributed by atoms with Gasteiger partial charge in [-0.2, -0.15) is 0 Å². The van der Waals surface area contributed by atoms with Crippen LogP contribution >= 0.6 is 0 Å². The summed E-state index contributed by atoms with van der Waals surface area (Å²) >= 11 is 0. The van der Waals surface area contributed by atoms with Gasteiger partial charge in [0.2, 0.25) is 0 Å². The Labute approximate surface area is 147 Å². The van der Waals surface area contributed by atoms with Crippen LogP contribution in [0.25, 0.3) is 0 Å². The molecule has 4 heteroatoms. The lowest BCUT2D eigenvalue weighted by molar-refractivity contribution is -0.193. The third kappa shape index (κ3) is 8.65. The summed E-state index contributed by atoms with van der Waals surface area (Å²) in [4.78, 5) is 11.2. The number of carbonyl (C=O) groups excluding carboxylic acids is 1. The summed E-state index contributed by atoms with van der Waals surface area (Å²) in [5, 5.41) is 0. The van der Waals surface area contributed by atoms with Crippen LogP contribution in [-0.2, 0) is 19.0 Å². The number of ether oxygens (including phenoxy) is 3. The molecule has 24 heavy (non-hydrogen) atoms. The van der Waals surface area contributed by atoms with Crippen LogP contribution in [0.15, 0.2) is 25.3 Å². The van der Waals surface area contributed by atoms with Crippen molar-refractivity contribution in [1.82, 2.24) is 0 Å². The van der Waals surface area contributed by atoms with Crippen molar-refractivity contribution in [3.8, 4) is 0 Å². The normalized spacial score (nSPS) is 21.5. The molecule has 1 rings (SSSR count). The van der Waals surface area contributed by atoms with Gasteiger partial charge in [-0.3, -0.25) is 0 Å². The lowest BCUT2D eigenvalue weighted by atomic mass is 9.97. The first kappa shape index (κ1) is 20.9. The van der Waals surface area contributed by atoms with Crippen molar-refractivity contribution in [3.05, 3.63) is 25.3 Å². The second kappa shape index (κ2) is 12.3. The lowest BCUT2D eigenvalue weighted by Gasteiger charge is -2.29. The Morgan fingerprint density at radius 2 is 1.96 bits per heavy atom. The number of hydrogen-bond donors (Lipinski definition) is 0. The molecule has 4 atom stereocenters. The molecule has 0 aromatic carbocycles. The molecule has 1 heterocycles. The van der Waals surface area contributed by atoms with E-state index < -0.39 is 0 Å². The molecule has 0 amide bonds. The molecule has 1 fully saturated rings. The van der Waals surface area contributed by atoms with Crippen LogP contribution in [0.5, 0.6) is 0 Å². The Morgan fingerprint density at radius 1 is 1.21 bits per heavy atom. The molecule has 0 aromatic rings. The van der Waals surface area contributed by atoms with Gasteiger partial charge in [0.05, 0.1) is 6.10 Å². The summed E-state index contributed by atoms with van der Waals surface area (Å²) in [6, 6.07) is 0. The third-order valence-corrected chi connectivity index (χ3v) is 4.65. The Morgan fingerprint density at radius 3 is 2.58 bits per heavy atom. The summed E-state index contributed by atoms with van der Waals surface area (Å²) in [5.74, 6) is 0.133. The van der Waals surface area contributed by atoms with E-state index in [4.69, 9.17) is 14.2 Å². The fourth-order valence-electron chi connectivity index (χ4n) is 2.84. The van der Waals surface area contributed by atoms with Gasteiger partial charge < -0.3 is 14.2 Å². The minimum absolute atomic E-state index is 0.0101. The number of esters is 1. The van der Waals surface area contributed by atoms with Crippen molar-refractivity contribution < 1.29 is 19.0 Å². The fraction of sp³-hybridized carbons (Fsp3) is 0.750. The zero-order chi connectivity index (χ0) is 17.8. The van der Waals surface area contributed by atoms with Crippen molar-refractivity contribution in [3.63, 3.8) is 0 Å². The van der Waals surface area contributed by atoms with Crippen molar-refractivity contribution in [1.29, 1.82) is 0 Å². The molecular formula is C20H34O4. The van der Waals surface area contributed by atoms with E-state index in [2.05, 4.69) is 27.0 Å². The molecular weight excluding hydrogens is 304 g/mol. The lowest BCUT2D eigenvalue weighted by Crippen LogP contribution is -2.29. The number of unbranched alkanes of at least 4 members (excludes halogenated alkanes) is 2. The number of hydrogen-bond acceptors (Lipinski definition) is 4. The topological polar surface area (TPSA) is 44.8 Å². The van der Waals surface area contributed by atoms with Crippen molar-refractivity contribution in [2.45, 2.75) is 83.7 Å². The minimum atomic E-state index is -0.385. The van der Waals surface area contributed by atoms with E-state index in [1.165, 1.54) is 12.5 Å². The molecule has 1 aliphatic rings. The first-order valence-electron chi connectivity index (χ1n) is 9.29. The average molecular weight is 338 g/mol. The highest BCUT2D eigenvalue weighted by Crippen LogP contribution is 2.22. The predicted octanol–water partition coefficient (Wildman–Crippen LogP) is 4.79. The molecule has 0 N–H and O–H groups in total. The quantitative estimate of drug-likeness (QED) is 0.222. The van der Waals surface area contributed by atoms with Gasteiger partial charge in [-0.05, 0) is 51.4 Å². The molecule has 0 radical (unpaired) electrons. The summed E-state index contributed by atoms with van der Waals surface area (Å²) < 4.78 is 16.9. The van der Waals surface area contributed by atoms with E-state index in [0.717, 1.165) is 51.6 Å². The molecule has 0 saturated carbocycles. The van der Waals surface area contributed by atoms with Crippen LogP contribution in [0.2, 0.25) is 0 Å². The van der Waals surface area contributed by atoms with E-state index in [1.54, 1.807) is 6.08 Å². The number of rotatable bonds is 12. The van der Waals surface area contributed by atoms with Gasteiger partial charge in [0.15, 0.2) is 6.29 Å². The highest BCUT2D eigenvalue weighted by molar-refractivity contribution is 5.81. The SMILES string of the molecule is C=CC(=O)O[C@H](C=C)CCCCC[C@@H](C)[C@H](C)OC1CCCCO1. The zero-order valence-corrected chi connectivity index (χ0v) is 15.4. The first-order valence-corrected chi connectivity index (χ1v) is 9.29. The average Bonchev–Trinajstić information content (AvgIpc) is 2.60. The maximum atomic E-state index is 11.2. The second-order valence-corrected chi connectivity index (χ2v) is 6.67. The van der Waals surface area contributed by atoms with Gasteiger partial charge in [-0.25, -0.2) is 4.79 Å². The van der Waals surface area contributed by atoms with Gasteiger partial charge in [0.1, 0.15) is 6.10 Å². The van der Waals surface area contributed by atoms with E-state index in [0.29, 0.717) is 5.92 Å². The largest absolute Gasteiger partial charge is 0.455 e. The van der Waals surface area contributed by atoms with Crippen LogP contribution in [0.4, 0.5) is 0 Å². The van der Waals surface area contributed by atoms with E-state index in [1.807, 2.05) is 0 Å². The summed E-state index contributed by atoms with van der Waals surface area (Å²) in [6.45, 7) is 12.3. The van der Waals surface area contributed by atoms with Gasteiger partial charge in [-0.15, -0.1) is 0 Å². The molecule has 1 unspecified atom stereocenters. The van der Waals surface area contributed by atoms with Crippen molar-refractivity contribution in [2.75, 3.05) is 6.61 Å². The van der Waals surface area contributed by atoms with Gasteiger partial charge in [0, 0.05) is 12.7 Å². The maximum Gasteiger partial charge on any atom is 0.330 e. The van der Waals surface area contributed by atoms with Gasteiger partial charge in [-0.1, -0.05) is 39.0 Å². The molecule has 0 aromatic heterocycles.